The maximum Gasteiger partial charge on any atom is 0.233 e. The van der Waals surface area contributed by atoms with Gasteiger partial charge in [0.25, 0.3) is 0 Å². The van der Waals surface area contributed by atoms with Crippen LogP contribution < -0.4 is 10.1 Å². The molecule has 1 heterocycles. The molecule has 1 amide bonds. The number of nitrogens with one attached hydrogen (secondary N) is 1. The highest BCUT2D eigenvalue weighted by molar-refractivity contribution is 7.13. The third-order valence-electron chi connectivity index (χ3n) is 3.55. The molecule has 3 aromatic rings. The van der Waals surface area contributed by atoms with Crippen LogP contribution in [0, 0.1) is 0 Å². The van der Waals surface area contributed by atoms with Gasteiger partial charge in [-0.1, -0.05) is 35.6 Å². The highest BCUT2D eigenvalue weighted by Crippen LogP contribution is 2.26. The molecule has 0 aliphatic rings. The van der Waals surface area contributed by atoms with E-state index in [1.54, 1.807) is 12.6 Å². The lowest BCUT2D eigenvalue weighted by molar-refractivity contribution is -0.117. The topological polar surface area (TPSA) is 64.1 Å². The summed E-state index contributed by atoms with van der Waals surface area (Å²) in [6.07, 6.45) is 0. The van der Waals surface area contributed by atoms with Crippen molar-refractivity contribution in [3.8, 4) is 5.75 Å². The number of rotatable bonds is 4. The van der Waals surface area contributed by atoms with Crippen LogP contribution in [0.4, 0.5) is 5.13 Å². The van der Waals surface area contributed by atoms with Gasteiger partial charge in [0.05, 0.1) is 13.0 Å². The summed E-state index contributed by atoms with van der Waals surface area (Å²) >= 11 is 1.30. The summed E-state index contributed by atoms with van der Waals surface area (Å²) in [6.45, 7) is 1.88. The minimum Gasteiger partial charge on any atom is -0.497 e. The molecular weight excluding hydrogens is 298 g/mol. The summed E-state index contributed by atoms with van der Waals surface area (Å²) < 4.78 is 5.22. The Labute approximate surface area is 132 Å². The summed E-state index contributed by atoms with van der Waals surface area (Å²) in [5.74, 6) is 0.460. The Morgan fingerprint density at radius 3 is 2.73 bits per heavy atom. The number of aromatic nitrogens is 2. The number of anilines is 1. The summed E-state index contributed by atoms with van der Waals surface area (Å²) in [5, 5.41) is 13.0. The lowest BCUT2D eigenvalue weighted by atomic mass is 9.97. The predicted molar refractivity (Wildman–Crippen MR) is 87.5 cm³/mol. The molecule has 2 aromatic carbocycles. The van der Waals surface area contributed by atoms with Crippen molar-refractivity contribution >= 4 is 33.1 Å². The molecule has 0 aliphatic heterocycles. The Kier molecular flexibility index (Phi) is 4.02. The second-order valence-corrected chi connectivity index (χ2v) is 5.76. The number of methoxy groups -OCH3 is 1. The van der Waals surface area contributed by atoms with Gasteiger partial charge in [0.2, 0.25) is 11.0 Å². The van der Waals surface area contributed by atoms with Crippen molar-refractivity contribution in [1.29, 1.82) is 0 Å². The monoisotopic (exact) mass is 313 g/mol. The zero-order valence-corrected chi connectivity index (χ0v) is 13.1. The van der Waals surface area contributed by atoms with E-state index >= 15 is 0 Å². The highest BCUT2D eigenvalue weighted by Gasteiger charge is 2.16. The lowest BCUT2D eigenvalue weighted by Gasteiger charge is -2.12. The van der Waals surface area contributed by atoms with Gasteiger partial charge in [0, 0.05) is 0 Å². The van der Waals surface area contributed by atoms with E-state index in [-0.39, 0.29) is 11.8 Å². The fourth-order valence-corrected chi connectivity index (χ4v) is 2.68. The Hall–Kier alpha value is -2.47. The van der Waals surface area contributed by atoms with Crippen molar-refractivity contribution in [3.63, 3.8) is 0 Å². The Balaban J connectivity index is 1.84. The van der Waals surface area contributed by atoms with E-state index in [9.17, 15) is 4.79 Å². The second kappa shape index (κ2) is 6.11. The number of carbonyl (C=O) groups excluding carboxylic acids is 1. The maximum atomic E-state index is 12.3. The molecule has 0 radical (unpaired) electrons. The molecule has 0 saturated heterocycles. The van der Waals surface area contributed by atoms with Gasteiger partial charge in [-0.2, -0.15) is 0 Å². The maximum absolute atomic E-state index is 12.3. The van der Waals surface area contributed by atoms with Crippen LogP contribution in [0.25, 0.3) is 10.8 Å². The second-order valence-electron chi connectivity index (χ2n) is 4.93. The van der Waals surface area contributed by atoms with Gasteiger partial charge in [-0.05, 0) is 35.4 Å². The Morgan fingerprint density at radius 1 is 1.23 bits per heavy atom. The first-order valence-corrected chi connectivity index (χ1v) is 7.70. The van der Waals surface area contributed by atoms with Crippen LogP contribution in [0.5, 0.6) is 5.75 Å². The van der Waals surface area contributed by atoms with Crippen molar-refractivity contribution in [2.45, 2.75) is 12.8 Å². The fourth-order valence-electron chi connectivity index (χ4n) is 2.23. The van der Waals surface area contributed by atoms with E-state index in [2.05, 4.69) is 15.5 Å². The standard InChI is InChI=1S/C16H15N3O2S/c1-10(15(20)18-16-19-17-9-22-16)11-3-4-13-8-14(21-2)6-5-12(13)7-11/h3-10H,1-2H3,(H,18,19,20)/t10-/m1/s1. The third kappa shape index (κ3) is 2.92. The molecule has 22 heavy (non-hydrogen) atoms. The van der Waals surface area contributed by atoms with Crippen molar-refractivity contribution in [2.24, 2.45) is 0 Å². The van der Waals surface area contributed by atoms with Crippen molar-refractivity contribution in [1.82, 2.24) is 10.2 Å². The molecule has 1 atom stereocenters. The van der Waals surface area contributed by atoms with E-state index in [0.717, 1.165) is 22.1 Å². The minimum atomic E-state index is -0.268. The number of amides is 1. The van der Waals surface area contributed by atoms with E-state index in [1.165, 1.54) is 11.3 Å². The molecule has 0 spiro atoms. The number of fused-ring (bicyclic) bond motifs is 1. The third-order valence-corrected chi connectivity index (χ3v) is 4.16. The number of nitrogens with zero attached hydrogens (tertiary/aromatic N) is 2. The number of ether oxygens (including phenoxy) is 1. The highest BCUT2D eigenvalue weighted by atomic mass is 32.1. The molecule has 1 N–H and O–H groups in total. The largest absolute Gasteiger partial charge is 0.497 e. The molecule has 0 fully saturated rings. The first-order valence-electron chi connectivity index (χ1n) is 6.82. The van der Waals surface area contributed by atoms with Gasteiger partial charge in [0.1, 0.15) is 11.3 Å². The Bertz CT molecular complexity index is 802. The summed E-state index contributed by atoms with van der Waals surface area (Å²) in [5.41, 5.74) is 2.55. The van der Waals surface area contributed by atoms with Crippen LogP contribution in [-0.2, 0) is 4.79 Å². The molecule has 0 saturated carbocycles. The van der Waals surface area contributed by atoms with Gasteiger partial charge in [-0.15, -0.1) is 10.2 Å². The smallest absolute Gasteiger partial charge is 0.233 e. The first-order chi connectivity index (χ1) is 10.7. The summed E-state index contributed by atoms with van der Waals surface area (Å²) in [7, 11) is 1.65. The molecule has 5 nitrogen and oxygen atoms in total. The zero-order chi connectivity index (χ0) is 15.5. The van der Waals surface area contributed by atoms with Crippen LogP contribution in [0.15, 0.2) is 41.9 Å². The number of carbonyl (C=O) groups is 1. The van der Waals surface area contributed by atoms with Crippen LogP contribution in [0.2, 0.25) is 0 Å². The molecule has 0 aliphatic carbocycles. The average molecular weight is 313 g/mol. The number of hydrogen-bond donors (Lipinski definition) is 1. The molecule has 3 rings (SSSR count). The van der Waals surface area contributed by atoms with Gasteiger partial charge < -0.3 is 10.1 Å². The van der Waals surface area contributed by atoms with Crippen molar-refractivity contribution in [3.05, 3.63) is 47.5 Å². The van der Waals surface area contributed by atoms with Crippen LogP contribution in [-0.4, -0.2) is 23.2 Å². The first kappa shape index (κ1) is 14.5. The van der Waals surface area contributed by atoms with Gasteiger partial charge >= 0.3 is 0 Å². The molecule has 0 unspecified atom stereocenters. The van der Waals surface area contributed by atoms with Crippen molar-refractivity contribution < 1.29 is 9.53 Å². The minimum absolute atomic E-state index is 0.0930. The Morgan fingerprint density at radius 2 is 2.00 bits per heavy atom. The molecular formula is C16H15N3O2S. The van der Waals surface area contributed by atoms with E-state index in [0.29, 0.717) is 5.13 Å². The average Bonchev–Trinajstić information content (AvgIpc) is 3.06. The van der Waals surface area contributed by atoms with E-state index in [4.69, 9.17) is 4.74 Å². The fraction of sp³-hybridized carbons (Fsp3) is 0.188. The van der Waals surface area contributed by atoms with Gasteiger partial charge in [-0.3, -0.25) is 4.79 Å². The van der Waals surface area contributed by atoms with Gasteiger partial charge in [-0.25, -0.2) is 0 Å². The molecule has 112 valence electrons. The normalized spacial score (nSPS) is 12.1. The zero-order valence-electron chi connectivity index (χ0n) is 12.2. The van der Waals surface area contributed by atoms with E-state index < -0.39 is 0 Å². The molecule has 0 bridgehead atoms. The van der Waals surface area contributed by atoms with Crippen molar-refractivity contribution in [2.75, 3.05) is 12.4 Å². The lowest BCUT2D eigenvalue weighted by Crippen LogP contribution is -2.18. The number of hydrogen-bond acceptors (Lipinski definition) is 5. The quantitative estimate of drug-likeness (QED) is 0.801. The van der Waals surface area contributed by atoms with Crippen LogP contribution in [0.3, 0.4) is 0 Å². The summed E-state index contributed by atoms with van der Waals surface area (Å²) in [6, 6.07) is 11.9. The predicted octanol–water partition coefficient (Wildman–Crippen LogP) is 3.44. The van der Waals surface area contributed by atoms with Gasteiger partial charge in [0.15, 0.2) is 0 Å². The van der Waals surface area contributed by atoms with E-state index in [1.807, 2.05) is 43.3 Å². The van der Waals surface area contributed by atoms with Crippen LogP contribution >= 0.6 is 11.3 Å². The number of benzene rings is 2. The SMILES string of the molecule is COc1ccc2cc([C@@H](C)C(=O)Nc3nncs3)ccc2c1. The summed E-state index contributed by atoms with van der Waals surface area (Å²) in [4.78, 5) is 12.3. The molecule has 6 heteroatoms. The van der Waals surface area contributed by atoms with Crippen LogP contribution in [0.1, 0.15) is 18.4 Å². The molecule has 1 aromatic heterocycles.